The lowest BCUT2D eigenvalue weighted by Gasteiger charge is -2.17. The fraction of sp³-hybridized carbons (Fsp3) is 0.400. The molecule has 0 saturated heterocycles. The zero-order valence-electron chi connectivity index (χ0n) is 16.6. The molecule has 0 unspecified atom stereocenters. The van der Waals surface area contributed by atoms with Crippen LogP contribution in [0.25, 0.3) is 0 Å². The van der Waals surface area contributed by atoms with Crippen molar-refractivity contribution in [2.75, 3.05) is 31.6 Å². The van der Waals surface area contributed by atoms with Crippen molar-refractivity contribution in [1.29, 1.82) is 0 Å². The number of aliphatic carboxylic acids is 1. The number of amides is 1. The largest absolute Gasteiger partial charge is 0.481 e. The third-order valence-corrected chi connectivity index (χ3v) is 4.40. The number of carboxylic acids is 1. The van der Waals surface area contributed by atoms with E-state index in [0.29, 0.717) is 24.4 Å². The molecule has 1 amide bonds. The van der Waals surface area contributed by atoms with Gasteiger partial charge in [-0.1, -0.05) is 13.8 Å². The minimum Gasteiger partial charge on any atom is -0.481 e. The molecule has 1 aromatic carbocycles. The zero-order chi connectivity index (χ0) is 21.2. The first-order chi connectivity index (χ1) is 13.9. The summed E-state index contributed by atoms with van der Waals surface area (Å²) in [6.45, 7) is 7.01. The summed E-state index contributed by atoms with van der Waals surface area (Å²) in [4.78, 5) is 37.4. The first-order valence-corrected chi connectivity index (χ1v) is 9.49. The number of hydrogen-bond donors (Lipinski definition) is 2. The number of esters is 1. The second kappa shape index (κ2) is 11.0. The van der Waals surface area contributed by atoms with Gasteiger partial charge in [-0.15, -0.1) is 0 Å². The number of nitrogens with one attached hydrogen (secondary N) is 1. The Bertz CT molecular complexity index is 828. The van der Waals surface area contributed by atoms with E-state index in [-0.39, 0.29) is 18.7 Å². The molecule has 0 aliphatic carbocycles. The minimum atomic E-state index is -0.966. The summed E-state index contributed by atoms with van der Waals surface area (Å²) in [5.74, 6) is -1.80. The molecule has 9 nitrogen and oxygen atoms in total. The highest BCUT2D eigenvalue weighted by atomic mass is 16.5. The first kappa shape index (κ1) is 22.1. The first-order valence-electron chi connectivity index (χ1n) is 9.49. The average molecular weight is 402 g/mol. The number of carboxylic acid groups (broad SMARTS) is 1. The predicted molar refractivity (Wildman–Crippen MR) is 107 cm³/mol. The van der Waals surface area contributed by atoms with Gasteiger partial charge in [0.05, 0.1) is 18.5 Å². The predicted octanol–water partition coefficient (Wildman–Crippen LogP) is 2.11. The van der Waals surface area contributed by atoms with E-state index in [2.05, 4.69) is 29.2 Å². The Balaban J connectivity index is 1.90. The fourth-order valence-electron chi connectivity index (χ4n) is 2.68. The Labute approximate surface area is 169 Å². The maximum Gasteiger partial charge on any atom is 0.338 e. The number of carbonyl (C=O) groups excluding carboxylic acids is 2. The molecule has 0 radical (unpaired) electrons. The number of anilines is 1. The highest BCUT2D eigenvalue weighted by molar-refractivity contribution is 6.03. The van der Waals surface area contributed by atoms with Gasteiger partial charge in [-0.3, -0.25) is 14.3 Å². The minimum absolute atomic E-state index is 0.101. The molecule has 1 aromatic heterocycles. The molecule has 2 aromatic rings. The number of rotatable bonds is 11. The Hall–Kier alpha value is -3.20. The lowest BCUT2D eigenvalue weighted by molar-refractivity contribution is -0.137. The smallest absolute Gasteiger partial charge is 0.338 e. The van der Waals surface area contributed by atoms with Crippen molar-refractivity contribution in [3.63, 3.8) is 0 Å². The summed E-state index contributed by atoms with van der Waals surface area (Å²) in [7, 11) is 0. The number of likely N-dealkylation sites (N-methyl/N-ethyl adjacent to an activating group) is 1. The molecule has 0 aliphatic rings. The van der Waals surface area contributed by atoms with Crippen LogP contribution < -0.4 is 5.32 Å². The van der Waals surface area contributed by atoms with Crippen molar-refractivity contribution >= 4 is 23.5 Å². The molecule has 29 heavy (non-hydrogen) atoms. The van der Waals surface area contributed by atoms with Crippen molar-refractivity contribution in [1.82, 2.24) is 14.7 Å². The van der Waals surface area contributed by atoms with Crippen molar-refractivity contribution in [3.05, 3.63) is 47.8 Å². The Morgan fingerprint density at radius 1 is 1.14 bits per heavy atom. The SMILES string of the molecule is CCN(CC)CCOC(=O)c1ccc(NC(=O)c2ccnn2CCC(=O)O)cc1. The van der Waals surface area contributed by atoms with Crippen LogP contribution in [0.15, 0.2) is 36.5 Å². The quantitative estimate of drug-likeness (QED) is 0.553. The molecule has 1 heterocycles. The highest BCUT2D eigenvalue weighted by Gasteiger charge is 2.14. The maximum atomic E-state index is 12.4. The van der Waals surface area contributed by atoms with E-state index >= 15 is 0 Å². The van der Waals surface area contributed by atoms with Gasteiger partial charge in [-0.25, -0.2) is 4.79 Å². The fourth-order valence-corrected chi connectivity index (χ4v) is 2.68. The van der Waals surface area contributed by atoms with Crippen LogP contribution in [0.4, 0.5) is 5.69 Å². The van der Waals surface area contributed by atoms with Gasteiger partial charge in [0.2, 0.25) is 0 Å². The molecule has 0 saturated carbocycles. The summed E-state index contributed by atoms with van der Waals surface area (Å²) in [5.41, 5.74) is 1.15. The number of hydrogen-bond acceptors (Lipinski definition) is 6. The van der Waals surface area contributed by atoms with E-state index in [1.54, 1.807) is 24.3 Å². The summed E-state index contributed by atoms with van der Waals surface area (Å²) in [5, 5.41) is 15.4. The Morgan fingerprint density at radius 2 is 1.83 bits per heavy atom. The van der Waals surface area contributed by atoms with Gasteiger partial charge in [0.15, 0.2) is 0 Å². The van der Waals surface area contributed by atoms with Crippen molar-refractivity contribution < 1.29 is 24.2 Å². The second-order valence-electron chi connectivity index (χ2n) is 6.28. The monoisotopic (exact) mass is 402 g/mol. The number of ether oxygens (including phenoxy) is 1. The van der Waals surface area contributed by atoms with Crippen LogP contribution in [-0.2, 0) is 16.1 Å². The number of aromatic nitrogens is 2. The molecular formula is C20H26N4O5. The summed E-state index contributed by atoms with van der Waals surface area (Å²) < 4.78 is 6.61. The van der Waals surface area contributed by atoms with Crippen LogP contribution in [0, 0.1) is 0 Å². The number of aryl methyl sites for hydroxylation is 1. The molecular weight excluding hydrogens is 376 g/mol. The van der Waals surface area contributed by atoms with Crippen molar-refractivity contribution in [3.8, 4) is 0 Å². The van der Waals surface area contributed by atoms with E-state index in [1.807, 2.05) is 0 Å². The summed E-state index contributed by atoms with van der Waals surface area (Å²) in [6.07, 6.45) is 1.31. The third kappa shape index (κ3) is 6.72. The van der Waals surface area contributed by atoms with Crippen LogP contribution in [0.2, 0.25) is 0 Å². The van der Waals surface area contributed by atoms with E-state index in [0.717, 1.165) is 13.1 Å². The molecule has 156 valence electrons. The van der Waals surface area contributed by atoms with Gasteiger partial charge in [0, 0.05) is 18.4 Å². The Kier molecular flexibility index (Phi) is 8.35. The number of benzene rings is 1. The topological polar surface area (TPSA) is 114 Å². The van der Waals surface area contributed by atoms with Gasteiger partial charge >= 0.3 is 11.9 Å². The third-order valence-electron chi connectivity index (χ3n) is 4.40. The lowest BCUT2D eigenvalue weighted by Crippen LogP contribution is -2.27. The van der Waals surface area contributed by atoms with E-state index in [4.69, 9.17) is 9.84 Å². The van der Waals surface area contributed by atoms with Gasteiger partial charge in [-0.05, 0) is 43.4 Å². The van der Waals surface area contributed by atoms with Crippen LogP contribution in [-0.4, -0.2) is 63.9 Å². The molecule has 0 fully saturated rings. The molecule has 0 spiro atoms. The maximum absolute atomic E-state index is 12.4. The molecule has 0 bridgehead atoms. The highest BCUT2D eigenvalue weighted by Crippen LogP contribution is 2.13. The standard InChI is InChI=1S/C20H26N4O5/c1-3-23(4-2)13-14-29-20(28)15-5-7-16(8-6-15)22-19(27)17-9-11-21-24(17)12-10-18(25)26/h5-9,11H,3-4,10,12-14H2,1-2H3,(H,22,27)(H,25,26). The van der Waals surface area contributed by atoms with E-state index in [9.17, 15) is 14.4 Å². The molecule has 2 N–H and O–H groups in total. The van der Waals surface area contributed by atoms with E-state index < -0.39 is 17.8 Å². The van der Waals surface area contributed by atoms with Gasteiger partial charge in [0.25, 0.3) is 5.91 Å². The second-order valence-corrected chi connectivity index (χ2v) is 6.28. The van der Waals surface area contributed by atoms with Gasteiger partial charge in [-0.2, -0.15) is 5.10 Å². The molecule has 0 atom stereocenters. The lowest BCUT2D eigenvalue weighted by atomic mass is 10.2. The van der Waals surface area contributed by atoms with Crippen molar-refractivity contribution in [2.45, 2.75) is 26.8 Å². The van der Waals surface area contributed by atoms with Crippen molar-refractivity contribution in [2.24, 2.45) is 0 Å². The van der Waals surface area contributed by atoms with E-state index in [1.165, 1.54) is 16.9 Å². The van der Waals surface area contributed by atoms with Crippen LogP contribution in [0.5, 0.6) is 0 Å². The molecule has 0 aliphatic heterocycles. The summed E-state index contributed by atoms with van der Waals surface area (Å²) >= 11 is 0. The average Bonchev–Trinajstić information content (AvgIpc) is 3.19. The summed E-state index contributed by atoms with van der Waals surface area (Å²) in [6, 6.07) is 7.89. The zero-order valence-corrected chi connectivity index (χ0v) is 16.6. The molecule has 9 heteroatoms. The number of carbonyl (C=O) groups is 3. The van der Waals surface area contributed by atoms with Crippen LogP contribution >= 0.6 is 0 Å². The van der Waals surface area contributed by atoms with Crippen LogP contribution in [0.3, 0.4) is 0 Å². The normalized spacial score (nSPS) is 10.7. The number of nitrogens with zero attached hydrogens (tertiary/aromatic N) is 3. The van der Waals surface area contributed by atoms with Crippen LogP contribution in [0.1, 0.15) is 41.1 Å². The van der Waals surface area contributed by atoms with Gasteiger partial charge in [0.1, 0.15) is 12.3 Å². The molecule has 2 rings (SSSR count). The Morgan fingerprint density at radius 3 is 2.45 bits per heavy atom. The van der Waals surface area contributed by atoms with Gasteiger partial charge < -0.3 is 20.1 Å².